The summed E-state index contributed by atoms with van der Waals surface area (Å²) in [5.74, 6) is -3.75. The number of rotatable bonds is 5. The SMILES string of the molecule is CCOc1cccc(-c2cc(C(=O)O)cc(C(C)(F)F)c2)c1. The van der Waals surface area contributed by atoms with Crippen molar-refractivity contribution in [1.82, 2.24) is 0 Å². The van der Waals surface area contributed by atoms with Gasteiger partial charge in [0.05, 0.1) is 12.2 Å². The third kappa shape index (κ3) is 3.61. The summed E-state index contributed by atoms with van der Waals surface area (Å²) < 4.78 is 32.5. The Bertz CT molecular complexity index is 691. The van der Waals surface area contributed by atoms with Crippen molar-refractivity contribution in [3.05, 3.63) is 53.6 Å². The molecule has 0 unspecified atom stereocenters. The van der Waals surface area contributed by atoms with Crippen molar-refractivity contribution in [2.75, 3.05) is 6.61 Å². The molecule has 0 spiro atoms. The number of benzene rings is 2. The van der Waals surface area contributed by atoms with E-state index < -0.39 is 11.9 Å². The molecule has 116 valence electrons. The molecule has 0 aliphatic heterocycles. The van der Waals surface area contributed by atoms with Crippen molar-refractivity contribution >= 4 is 5.97 Å². The molecule has 22 heavy (non-hydrogen) atoms. The molecular formula is C17H16F2O3. The van der Waals surface area contributed by atoms with E-state index in [2.05, 4.69) is 0 Å². The van der Waals surface area contributed by atoms with Crippen molar-refractivity contribution in [3.8, 4) is 16.9 Å². The lowest BCUT2D eigenvalue weighted by Gasteiger charge is -2.14. The fraction of sp³-hybridized carbons (Fsp3) is 0.235. The summed E-state index contributed by atoms with van der Waals surface area (Å²) in [6.07, 6.45) is 0. The van der Waals surface area contributed by atoms with Gasteiger partial charge in [-0.1, -0.05) is 12.1 Å². The first kappa shape index (κ1) is 15.9. The van der Waals surface area contributed by atoms with Crippen molar-refractivity contribution in [3.63, 3.8) is 0 Å². The molecule has 0 bridgehead atoms. The molecule has 0 heterocycles. The highest BCUT2D eigenvalue weighted by Crippen LogP contribution is 2.33. The Kier molecular flexibility index (Phi) is 4.45. The quantitative estimate of drug-likeness (QED) is 0.880. The second kappa shape index (κ2) is 6.13. The van der Waals surface area contributed by atoms with Gasteiger partial charge in [-0.3, -0.25) is 0 Å². The summed E-state index contributed by atoms with van der Waals surface area (Å²) in [6.45, 7) is 3.07. The Hall–Kier alpha value is -2.43. The fourth-order valence-electron chi connectivity index (χ4n) is 2.10. The maximum absolute atomic E-state index is 13.6. The van der Waals surface area contributed by atoms with E-state index in [4.69, 9.17) is 9.84 Å². The van der Waals surface area contributed by atoms with Crippen LogP contribution in [0.15, 0.2) is 42.5 Å². The van der Waals surface area contributed by atoms with Gasteiger partial charge in [0.15, 0.2) is 0 Å². The summed E-state index contributed by atoms with van der Waals surface area (Å²) in [7, 11) is 0. The van der Waals surface area contributed by atoms with Crippen LogP contribution in [0.5, 0.6) is 5.75 Å². The lowest BCUT2D eigenvalue weighted by Crippen LogP contribution is -2.09. The van der Waals surface area contributed by atoms with Gasteiger partial charge in [0, 0.05) is 12.5 Å². The largest absolute Gasteiger partial charge is 0.494 e. The molecule has 2 aromatic rings. The normalized spacial score (nSPS) is 11.3. The van der Waals surface area contributed by atoms with E-state index in [1.54, 1.807) is 24.3 Å². The van der Waals surface area contributed by atoms with E-state index in [0.717, 1.165) is 13.0 Å². The predicted molar refractivity (Wildman–Crippen MR) is 79.6 cm³/mol. The number of carboxylic acid groups (broad SMARTS) is 1. The van der Waals surface area contributed by atoms with E-state index in [-0.39, 0.29) is 11.1 Å². The van der Waals surface area contributed by atoms with Gasteiger partial charge in [0.1, 0.15) is 5.75 Å². The number of aromatic carboxylic acids is 1. The molecule has 0 aliphatic rings. The Labute approximate surface area is 127 Å². The van der Waals surface area contributed by atoms with Gasteiger partial charge in [-0.2, -0.15) is 0 Å². The number of carbonyl (C=O) groups is 1. The molecule has 0 fully saturated rings. The first-order chi connectivity index (χ1) is 10.3. The first-order valence-electron chi connectivity index (χ1n) is 6.81. The summed E-state index contributed by atoms with van der Waals surface area (Å²) in [6, 6.07) is 10.6. The molecule has 1 N–H and O–H groups in total. The van der Waals surface area contributed by atoms with Gasteiger partial charge < -0.3 is 9.84 Å². The van der Waals surface area contributed by atoms with Gasteiger partial charge in [0.2, 0.25) is 0 Å². The molecule has 0 atom stereocenters. The second-order valence-corrected chi connectivity index (χ2v) is 4.95. The molecular weight excluding hydrogens is 290 g/mol. The van der Waals surface area contributed by atoms with E-state index in [0.29, 0.717) is 23.5 Å². The predicted octanol–water partition coefficient (Wildman–Crippen LogP) is 4.56. The second-order valence-electron chi connectivity index (χ2n) is 4.95. The highest BCUT2D eigenvalue weighted by Gasteiger charge is 2.26. The zero-order valence-corrected chi connectivity index (χ0v) is 12.3. The van der Waals surface area contributed by atoms with Crippen LogP contribution in [0.25, 0.3) is 11.1 Å². The van der Waals surface area contributed by atoms with Crippen molar-refractivity contribution < 1.29 is 23.4 Å². The molecule has 0 saturated heterocycles. The molecule has 2 rings (SSSR count). The minimum atomic E-state index is -3.11. The number of carboxylic acids is 1. The lowest BCUT2D eigenvalue weighted by atomic mass is 9.97. The Balaban J connectivity index is 2.56. The fourth-order valence-corrected chi connectivity index (χ4v) is 2.10. The minimum Gasteiger partial charge on any atom is -0.494 e. The summed E-state index contributed by atoms with van der Waals surface area (Å²) in [5, 5.41) is 9.12. The average molecular weight is 306 g/mol. The Morgan fingerprint density at radius 2 is 1.91 bits per heavy atom. The molecule has 0 saturated carbocycles. The van der Waals surface area contributed by atoms with Gasteiger partial charge in [-0.25, -0.2) is 13.6 Å². The Morgan fingerprint density at radius 3 is 2.50 bits per heavy atom. The van der Waals surface area contributed by atoms with Crippen molar-refractivity contribution in [1.29, 1.82) is 0 Å². The summed E-state index contributed by atoms with van der Waals surface area (Å²) in [5.41, 5.74) is 0.539. The number of halogens is 2. The molecule has 0 amide bonds. The molecule has 3 nitrogen and oxygen atoms in total. The maximum Gasteiger partial charge on any atom is 0.335 e. The number of ether oxygens (including phenoxy) is 1. The van der Waals surface area contributed by atoms with Gasteiger partial charge in [0.25, 0.3) is 5.92 Å². The van der Waals surface area contributed by atoms with E-state index >= 15 is 0 Å². The zero-order valence-electron chi connectivity index (χ0n) is 12.3. The van der Waals surface area contributed by atoms with Gasteiger partial charge in [-0.15, -0.1) is 0 Å². The van der Waals surface area contributed by atoms with Crippen LogP contribution in [-0.4, -0.2) is 17.7 Å². The smallest absolute Gasteiger partial charge is 0.335 e. The zero-order chi connectivity index (χ0) is 16.3. The standard InChI is InChI=1S/C17H16F2O3/c1-3-22-15-6-4-5-11(10-15)12-7-13(16(20)21)9-14(8-12)17(2,18)19/h4-10H,3H2,1-2H3,(H,20,21). The molecule has 0 aromatic heterocycles. The monoisotopic (exact) mass is 306 g/mol. The van der Waals surface area contributed by atoms with Crippen LogP contribution in [0.1, 0.15) is 29.8 Å². The number of hydrogen-bond acceptors (Lipinski definition) is 2. The topological polar surface area (TPSA) is 46.5 Å². The van der Waals surface area contributed by atoms with Crippen molar-refractivity contribution in [2.45, 2.75) is 19.8 Å². The lowest BCUT2D eigenvalue weighted by molar-refractivity contribution is 0.0174. The van der Waals surface area contributed by atoms with Crippen molar-refractivity contribution in [2.24, 2.45) is 0 Å². The van der Waals surface area contributed by atoms with Crippen LogP contribution in [0.2, 0.25) is 0 Å². The maximum atomic E-state index is 13.6. The summed E-state index contributed by atoms with van der Waals surface area (Å²) in [4.78, 5) is 11.2. The van der Waals surface area contributed by atoms with E-state index in [9.17, 15) is 13.6 Å². The van der Waals surface area contributed by atoms with E-state index in [1.807, 2.05) is 6.92 Å². The van der Waals surface area contributed by atoms with Crippen LogP contribution >= 0.6 is 0 Å². The molecule has 2 aromatic carbocycles. The number of alkyl halides is 2. The van der Waals surface area contributed by atoms with Crippen LogP contribution in [0.3, 0.4) is 0 Å². The number of hydrogen-bond donors (Lipinski definition) is 1. The highest BCUT2D eigenvalue weighted by atomic mass is 19.3. The molecule has 0 radical (unpaired) electrons. The highest BCUT2D eigenvalue weighted by molar-refractivity contribution is 5.90. The van der Waals surface area contributed by atoms with Crippen LogP contribution in [0.4, 0.5) is 8.78 Å². The van der Waals surface area contributed by atoms with Gasteiger partial charge >= 0.3 is 5.97 Å². The Morgan fingerprint density at radius 1 is 1.18 bits per heavy atom. The average Bonchev–Trinajstić information content (AvgIpc) is 2.46. The van der Waals surface area contributed by atoms with Crippen LogP contribution in [-0.2, 0) is 5.92 Å². The van der Waals surface area contributed by atoms with Crippen LogP contribution in [0, 0.1) is 0 Å². The van der Waals surface area contributed by atoms with E-state index in [1.165, 1.54) is 12.1 Å². The molecule has 5 heteroatoms. The van der Waals surface area contributed by atoms with Gasteiger partial charge in [-0.05, 0) is 48.4 Å². The van der Waals surface area contributed by atoms with Crippen LogP contribution < -0.4 is 4.74 Å². The molecule has 0 aliphatic carbocycles. The summed E-state index contributed by atoms with van der Waals surface area (Å²) >= 11 is 0. The minimum absolute atomic E-state index is 0.171. The first-order valence-corrected chi connectivity index (χ1v) is 6.81. The third-order valence-electron chi connectivity index (χ3n) is 3.17. The third-order valence-corrected chi connectivity index (χ3v) is 3.17.